The second-order valence-corrected chi connectivity index (χ2v) is 6.30. The van der Waals surface area contributed by atoms with Crippen LogP contribution in [0.15, 0.2) is 40.8 Å². The van der Waals surface area contributed by atoms with E-state index in [0.29, 0.717) is 53.1 Å². The molecule has 8 nitrogen and oxygen atoms in total. The zero-order valence-corrected chi connectivity index (χ0v) is 14.4. The number of carbonyl (C=O) groups is 1. The minimum absolute atomic E-state index is 0.175. The van der Waals surface area contributed by atoms with Crippen LogP contribution >= 0.6 is 0 Å². The van der Waals surface area contributed by atoms with Gasteiger partial charge in [-0.05, 0) is 36.4 Å². The summed E-state index contributed by atoms with van der Waals surface area (Å²) in [5, 5.41) is 2.88. The molecule has 2 aromatic carbocycles. The van der Waals surface area contributed by atoms with Crippen LogP contribution in [-0.2, 0) is 4.74 Å². The van der Waals surface area contributed by atoms with Gasteiger partial charge in [-0.2, -0.15) is 4.98 Å². The summed E-state index contributed by atoms with van der Waals surface area (Å²) in [4.78, 5) is 19.1. The maximum absolute atomic E-state index is 12.5. The molecule has 8 heteroatoms. The van der Waals surface area contributed by atoms with Crippen molar-refractivity contribution in [1.82, 2.24) is 4.98 Å². The number of amides is 1. The molecular weight excluding hydrogens is 350 g/mol. The predicted molar refractivity (Wildman–Crippen MR) is 97.6 cm³/mol. The molecule has 3 aromatic rings. The molecule has 0 saturated carbocycles. The molecule has 138 valence electrons. The summed E-state index contributed by atoms with van der Waals surface area (Å²) < 4.78 is 21.8. The molecule has 0 unspecified atom stereocenters. The van der Waals surface area contributed by atoms with Gasteiger partial charge in [0.2, 0.25) is 6.79 Å². The lowest BCUT2D eigenvalue weighted by Crippen LogP contribution is -2.36. The fourth-order valence-corrected chi connectivity index (χ4v) is 3.12. The number of carbonyl (C=O) groups excluding carboxylic acids is 1. The van der Waals surface area contributed by atoms with Gasteiger partial charge in [-0.15, -0.1) is 0 Å². The lowest BCUT2D eigenvalue weighted by Gasteiger charge is -2.24. The average Bonchev–Trinajstić information content (AvgIpc) is 3.34. The van der Waals surface area contributed by atoms with Gasteiger partial charge >= 0.3 is 0 Å². The lowest BCUT2D eigenvalue weighted by atomic mass is 10.2. The Kier molecular flexibility index (Phi) is 3.83. The standard InChI is InChI=1S/C19H17N3O5/c23-18(12-1-3-16-17(9-12)26-11-25-16)20-13-2-4-15-14(10-13)21-19(27-15)22-5-7-24-8-6-22/h1-4,9-10H,5-8,11H2,(H,20,23). The Hall–Kier alpha value is -3.26. The quantitative estimate of drug-likeness (QED) is 0.761. The fourth-order valence-electron chi connectivity index (χ4n) is 3.12. The van der Waals surface area contributed by atoms with E-state index in [9.17, 15) is 4.79 Å². The predicted octanol–water partition coefficient (Wildman–Crippen LogP) is 2.65. The van der Waals surface area contributed by atoms with Gasteiger partial charge in [-0.1, -0.05) is 0 Å². The average molecular weight is 367 g/mol. The molecule has 2 aliphatic heterocycles. The Morgan fingerprint density at radius 3 is 2.78 bits per heavy atom. The van der Waals surface area contributed by atoms with E-state index >= 15 is 0 Å². The van der Waals surface area contributed by atoms with E-state index in [1.807, 2.05) is 11.0 Å². The summed E-state index contributed by atoms with van der Waals surface area (Å²) in [5.74, 6) is 0.987. The largest absolute Gasteiger partial charge is 0.454 e. The molecule has 5 rings (SSSR count). The van der Waals surface area contributed by atoms with Gasteiger partial charge in [0, 0.05) is 24.3 Å². The van der Waals surface area contributed by atoms with Crippen LogP contribution in [0.4, 0.5) is 11.7 Å². The third kappa shape index (κ3) is 3.04. The summed E-state index contributed by atoms with van der Waals surface area (Å²) in [6.07, 6.45) is 0. The van der Waals surface area contributed by atoms with Crippen molar-refractivity contribution >= 4 is 28.7 Å². The number of nitrogens with one attached hydrogen (secondary N) is 1. The van der Waals surface area contributed by atoms with Crippen molar-refractivity contribution in [3.05, 3.63) is 42.0 Å². The van der Waals surface area contributed by atoms with Gasteiger partial charge < -0.3 is 28.8 Å². The molecule has 0 aliphatic carbocycles. The number of benzene rings is 2. The Morgan fingerprint density at radius 1 is 1.04 bits per heavy atom. The van der Waals surface area contributed by atoms with Crippen LogP contribution in [0.5, 0.6) is 11.5 Å². The molecule has 0 atom stereocenters. The number of fused-ring (bicyclic) bond motifs is 2. The third-order valence-corrected chi connectivity index (χ3v) is 4.55. The Bertz CT molecular complexity index is 1010. The highest BCUT2D eigenvalue weighted by Gasteiger charge is 2.19. The highest BCUT2D eigenvalue weighted by Crippen LogP contribution is 2.33. The topological polar surface area (TPSA) is 86.1 Å². The molecule has 27 heavy (non-hydrogen) atoms. The molecular formula is C19H17N3O5. The number of anilines is 2. The maximum Gasteiger partial charge on any atom is 0.298 e. The van der Waals surface area contributed by atoms with Gasteiger partial charge in [0.25, 0.3) is 11.9 Å². The Balaban J connectivity index is 1.36. The van der Waals surface area contributed by atoms with E-state index in [-0.39, 0.29) is 12.7 Å². The number of morpholine rings is 1. The number of oxazole rings is 1. The van der Waals surface area contributed by atoms with Gasteiger partial charge in [0.15, 0.2) is 17.1 Å². The van der Waals surface area contributed by atoms with Gasteiger partial charge in [-0.25, -0.2) is 0 Å². The summed E-state index contributed by atoms with van der Waals surface area (Å²) in [6, 6.07) is 11.1. The van der Waals surface area contributed by atoms with Crippen molar-refractivity contribution < 1.29 is 23.4 Å². The van der Waals surface area contributed by atoms with E-state index in [4.69, 9.17) is 18.6 Å². The smallest absolute Gasteiger partial charge is 0.298 e. The molecule has 1 fully saturated rings. The number of hydrogen-bond acceptors (Lipinski definition) is 7. The first-order valence-electron chi connectivity index (χ1n) is 8.70. The van der Waals surface area contributed by atoms with Crippen molar-refractivity contribution in [3.63, 3.8) is 0 Å². The van der Waals surface area contributed by atoms with Gasteiger partial charge in [-0.3, -0.25) is 4.79 Å². The zero-order valence-electron chi connectivity index (χ0n) is 14.4. The minimum atomic E-state index is -0.232. The molecule has 1 saturated heterocycles. The van der Waals surface area contributed by atoms with Crippen molar-refractivity contribution in [3.8, 4) is 11.5 Å². The van der Waals surface area contributed by atoms with Gasteiger partial charge in [0.05, 0.1) is 13.2 Å². The summed E-state index contributed by atoms with van der Waals surface area (Å²) in [7, 11) is 0. The molecule has 1 amide bonds. The van der Waals surface area contributed by atoms with Crippen LogP contribution in [0.25, 0.3) is 11.1 Å². The first-order valence-corrected chi connectivity index (χ1v) is 8.70. The summed E-state index contributed by atoms with van der Waals surface area (Å²) in [6.45, 7) is 3.00. The van der Waals surface area contributed by atoms with Crippen molar-refractivity contribution in [2.75, 3.05) is 43.3 Å². The summed E-state index contributed by atoms with van der Waals surface area (Å²) in [5.41, 5.74) is 2.51. The first kappa shape index (κ1) is 16.0. The normalized spacial score (nSPS) is 15.9. The number of hydrogen-bond donors (Lipinski definition) is 1. The second kappa shape index (κ2) is 6.48. The minimum Gasteiger partial charge on any atom is -0.454 e. The fraction of sp³-hybridized carbons (Fsp3) is 0.263. The van der Waals surface area contributed by atoms with Crippen LogP contribution < -0.4 is 19.7 Å². The molecule has 1 aromatic heterocycles. The maximum atomic E-state index is 12.5. The number of aromatic nitrogens is 1. The SMILES string of the molecule is O=C(Nc1ccc2oc(N3CCOCC3)nc2c1)c1ccc2c(c1)OCO2. The highest BCUT2D eigenvalue weighted by molar-refractivity contribution is 6.05. The monoisotopic (exact) mass is 367 g/mol. The number of rotatable bonds is 3. The van der Waals surface area contributed by atoms with Crippen LogP contribution in [0, 0.1) is 0 Å². The van der Waals surface area contributed by atoms with Crippen molar-refractivity contribution in [1.29, 1.82) is 0 Å². The van der Waals surface area contributed by atoms with E-state index < -0.39 is 0 Å². The van der Waals surface area contributed by atoms with Crippen molar-refractivity contribution in [2.24, 2.45) is 0 Å². The van der Waals surface area contributed by atoms with Gasteiger partial charge in [0.1, 0.15) is 5.52 Å². The van der Waals surface area contributed by atoms with Crippen molar-refractivity contribution in [2.45, 2.75) is 0 Å². The number of nitrogens with zero attached hydrogens (tertiary/aromatic N) is 2. The molecule has 3 heterocycles. The molecule has 0 radical (unpaired) electrons. The lowest BCUT2D eigenvalue weighted by molar-refractivity contribution is 0.102. The molecule has 0 spiro atoms. The zero-order chi connectivity index (χ0) is 18.2. The Labute approximate surface area is 154 Å². The van der Waals surface area contributed by atoms with Crippen LogP contribution in [-0.4, -0.2) is 44.0 Å². The highest BCUT2D eigenvalue weighted by atomic mass is 16.7. The molecule has 1 N–H and O–H groups in total. The van der Waals surface area contributed by atoms with E-state index in [2.05, 4.69) is 10.3 Å². The van der Waals surface area contributed by atoms with Crippen LogP contribution in [0.2, 0.25) is 0 Å². The molecule has 2 aliphatic rings. The van der Waals surface area contributed by atoms with Crippen LogP contribution in [0.1, 0.15) is 10.4 Å². The number of ether oxygens (including phenoxy) is 3. The van der Waals surface area contributed by atoms with E-state index in [1.54, 1.807) is 30.3 Å². The Morgan fingerprint density at radius 2 is 1.89 bits per heavy atom. The van der Waals surface area contributed by atoms with Crippen LogP contribution in [0.3, 0.4) is 0 Å². The first-order chi connectivity index (χ1) is 13.3. The van der Waals surface area contributed by atoms with E-state index in [0.717, 1.165) is 13.1 Å². The van der Waals surface area contributed by atoms with E-state index in [1.165, 1.54) is 0 Å². The summed E-state index contributed by atoms with van der Waals surface area (Å²) >= 11 is 0. The second-order valence-electron chi connectivity index (χ2n) is 6.30. The third-order valence-electron chi connectivity index (χ3n) is 4.55. The molecule has 0 bridgehead atoms.